The summed E-state index contributed by atoms with van der Waals surface area (Å²) in [5, 5.41) is 2.88. The number of nitrogens with one attached hydrogen (secondary N) is 2. The van der Waals surface area contributed by atoms with Crippen LogP contribution >= 0.6 is 0 Å². The van der Waals surface area contributed by atoms with Crippen molar-refractivity contribution in [3.8, 4) is 28.5 Å². The third kappa shape index (κ3) is 4.41. The van der Waals surface area contributed by atoms with Gasteiger partial charge in [0.1, 0.15) is 23.1 Å². The van der Waals surface area contributed by atoms with Gasteiger partial charge in [0.25, 0.3) is 0 Å². The lowest BCUT2D eigenvalue weighted by Crippen LogP contribution is -2.09. The molecule has 2 aromatic heterocycles. The molecule has 0 fully saturated rings. The first-order valence-electron chi connectivity index (χ1n) is 10.5. The molecule has 6 nitrogen and oxygen atoms in total. The second-order valence-electron chi connectivity index (χ2n) is 7.41. The van der Waals surface area contributed by atoms with Gasteiger partial charge in [-0.05, 0) is 48.5 Å². The highest BCUT2D eigenvalue weighted by Crippen LogP contribution is 2.30. The lowest BCUT2D eigenvalue weighted by Gasteiger charge is -2.10. The van der Waals surface area contributed by atoms with E-state index < -0.39 is 0 Å². The summed E-state index contributed by atoms with van der Waals surface area (Å²) in [4.78, 5) is 20.5. The average Bonchev–Trinajstić information content (AvgIpc) is 3.51. The lowest BCUT2D eigenvalue weighted by atomic mass is 10.1. The first-order chi connectivity index (χ1) is 16.2. The van der Waals surface area contributed by atoms with E-state index in [0.717, 1.165) is 27.9 Å². The number of hydrogen-bond donors (Lipinski definition) is 2. The van der Waals surface area contributed by atoms with Gasteiger partial charge in [0.05, 0.1) is 23.8 Å². The van der Waals surface area contributed by atoms with Gasteiger partial charge in [-0.25, -0.2) is 4.98 Å². The number of nitrogens with zero attached hydrogens (tertiary/aromatic N) is 1. The summed E-state index contributed by atoms with van der Waals surface area (Å²) >= 11 is 0. The Bertz CT molecular complexity index is 1420. The van der Waals surface area contributed by atoms with Gasteiger partial charge in [0, 0.05) is 17.2 Å². The van der Waals surface area contributed by atoms with Crippen LogP contribution in [-0.4, -0.2) is 23.0 Å². The van der Waals surface area contributed by atoms with E-state index in [4.69, 9.17) is 9.15 Å². The number of methoxy groups -OCH3 is 1. The molecule has 0 radical (unpaired) electrons. The quantitative estimate of drug-likeness (QED) is 0.314. The first kappa shape index (κ1) is 20.3. The van der Waals surface area contributed by atoms with Crippen molar-refractivity contribution in [1.29, 1.82) is 0 Å². The molecule has 0 aliphatic heterocycles. The number of para-hydroxylation sites is 2. The number of benzene rings is 3. The van der Waals surface area contributed by atoms with E-state index in [1.54, 1.807) is 19.3 Å². The zero-order valence-corrected chi connectivity index (χ0v) is 17.9. The molecule has 5 rings (SSSR count). The predicted molar refractivity (Wildman–Crippen MR) is 130 cm³/mol. The predicted octanol–water partition coefficient (Wildman–Crippen LogP) is 6.15. The van der Waals surface area contributed by atoms with E-state index in [0.29, 0.717) is 23.0 Å². The van der Waals surface area contributed by atoms with Crippen molar-refractivity contribution in [3.63, 3.8) is 0 Å². The van der Waals surface area contributed by atoms with Crippen molar-refractivity contribution >= 4 is 28.7 Å². The van der Waals surface area contributed by atoms with Crippen molar-refractivity contribution in [3.05, 3.63) is 96.8 Å². The molecular weight excluding hydrogens is 414 g/mol. The first-order valence-corrected chi connectivity index (χ1v) is 10.5. The number of ether oxygens (including phenoxy) is 1. The fourth-order valence-corrected chi connectivity index (χ4v) is 3.57. The van der Waals surface area contributed by atoms with Crippen LogP contribution in [0.3, 0.4) is 0 Å². The van der Waals surface area contributed by atoms with E-state index in [1.807, 2.05) is 78.9 Å². The number of imidazole rings is 1. The Labute approximate surface area is 190 Å². The molecule has 0 aliphatic carbocycles. The Kier molecular flexibility index (Phi) is 5.47. The van der Waals surface area contributed by atoms with Crippen LogP contribution in [0.15, 0.2) is 95.4 Å². The Hall–Kier alpha value is -4.58. The highest BCUT2D eigenvalue weighted by atomic mass is 16.5. The van der Waals surface area contributed by atoms with Crippen LogP contribution in [0, 0.1) is 0 Å². The molecule has 0 aliphatic rings. The summed E-state index contributed by atoms with van der Waals surface area (Å²) in [6, 6.07) is 26.9. The van der Waals surface area contributed by atoms with Crippen LogP contribution in [0.5, 0.6) is 5.75 Å². The molecule has 0 atom stereocenters. The number of amides is 1. The largest absolute Gasteiger partial charge is 0.495 e. The van der Waals surface area contributed by atoms with Gasteiger partial charge in [0.15, 0.2) is 0 Å². The smallest absolute Gasteiger partial charge is 0.248 e. The second kappa shape index (κ2) is 8.88. The highest BCUT2D eigenvalue weighted by Gasteiger charge is 2.11. The van der Waals surface area contributed by atoms with Crippen molar-refractivity contribution in [2.24, 2.45) is 0 Å². The van der Waals surface area contributed by atoms with E-state index in [2.05, 4.69) is 15.3 Å². The molecular formula is C27H21N3O3. The molecule has 162 valence electrons. The van der Waals surface area contributed by atoms with E-state index in [-0.39, 0.29) is 5.91 Å². The minimum absolute atomic E-state index is 0.298. The average molecular weight is 435 g/mol. The second-order valence-corrected chi connectivity index (χ2v) is 7.41. The number of carbonyl (C=O) groups is 1. The molecule has 1 amide bonds. The van der Waals surface area contributed by atoms with Gasteiger partial charge in [0.2, 0.25) is 5.91 Å². The zero-order valence-electron chi connectivity index (χ0n) is 17.9. The number of fused-ring (bicyclic) bond motifs is 1. The molecule has 3 aromatic carbocycles. The molecule has 33 heavy (non-hydrogen) atoms. The van der Waals surface area contributed by atoms with Crippen LogP contribution in [0.25, 0.3) is 39.8 Å². The maximum Gasteiger partial charge on any atom is 0.248 e. The van der Waals surface area contributed by atoms with Crippen LogP contribution < -0.4 is 10.1 Å². The summed E-state index contributed by atoms with van der Waals surface area (Å²) in [7, 11) is 1.57. The van der Waals surface area contributed by atoms with Crippen LogP contribution in [0.4, 0.5) is 5.69 Å². The Balaban J connectivity index is 1.34. The Morgan fingerprint density at radius 1 is 0.970 bits per heavy atom. The minimum atomic E-state index is -0.298. The number of rotatable bonds is 6. The highest BCUT2D eigenvalue weighted by molar-refractivity contribution is 6.03. The molecule has 0 bridgehead atoms. The topological polar surface area (TPSA) is 80.1 Å². The van der Waals surface area contributed by atoms with Crippen LogP contribution in [0.1, 0.15) is 5.76 Å². The maximum atomic E-state index is 12.6. The van der Waals surface area contributed by atoms with Gasteiger partial charge >= 0.3 is 0 Å². The van der Waals surface area contributed by atoms with E-state index in [1.165, 1.54) is 6.08 Å². The van der Waals surface area contributed by atoms with Crippen molar-refractivity contribution in [2.75, 3.05) is 12.4 Å². The molecule has 0 unspecified atom stereocenters. The fraction of sp³-hybridized carbons (Fsp3) is 0.0370. The number of aromatic amines is 1. The van der Waals surface area contributed by atoms with Gasteiger partial charge in [-0.3, -0.25) is 4.79 Å². The molecule has 5 aromatic rings. The van der Waals surface area contributed by atoms with E-state index in [9.17, 15) is 4.79 Å². The van der Waals surface area contributed by atoms with Gasteiger partial charge < -0.3 is 19.5 Å². The van der Waals surface area contributed by atoms with Gasteiger partial charge in [-0.2, -0.15) is 0 Å². The zero-order chi connectivity index (χ0) is 22.6. The van der Waals surface area contributed by atoms with Crippen molar-refractivity contribution in [1.82, 2.24) is 9.97 Å². The standard InChI is InChI=1S/C27H21N3O3/c1-32-25-14-11-19(27-29-21-9-5-6-10-22(21)30-27)17-23(25)28-26(31)16-13-20-12-15-24(33-20)18-7-3-2-4-8-18/h2-17H,1H3,(H,28,31)(H,29,30)/b16-13+. The number of H-pyrrole nitrogens is 1. The minimum Gasteiger partial charge on any atom is -0.495 e. The summed E-state index contributed by atoms with van der Waals surface area (Å²) < 4.78 is 11.2. The fourth-order valence-electron chi connectivity index (χ4n) is 3.57. The van der Waals surface area contributed by atoms with Crippen molar-refractivity contribution < 1.29 is 13.9 Å². The maximum absolute atomic E-state index is 12.6. The number of anilines is 1. The normalized spacial score (nSPS) is 11.2. The summed E-state index contributed by atoms with van der Waals surface area (Å²) in [5.41, 5.74) is 4.20. The number of furan rings is 1. The summed E-state index contributed by atoms with van der Waals surface area (Å²) in [6.45, 7) is 0. The number of hydrogen-bond acceptors (Lipinski definition) is 4. The summed E-state index contributed by atoms with van der Waals surface area (Å²) in [6.07, 6.45) is 3.07. The van der Waals surface area contributed by atoms with Crippen LogP contribution in [0.2, 0.25) is 0 Å². The SMILES string of the molecule is COc1ccc(-c2nc3ccccc3[nH]2)cc1NC(=O)/C=C/c1ccc(-c2ccccc2)o1. The molecule has 6 heteroatoms. The Morgan fingerprint density at radius 2 is 1.79 bits per heavy atom. The van der Waals surface area contributed by atoms with Gasteiger partial charge in [-0.15, -0.1) is 0 Å². The molecule has 2 heterocycles. The third-order valence-corrected chi connectivity index (χ3v) is 5.20. The number of aromatic nitrogens is 2. The van der Waals surface area contributed by atoms with Crippen molar-refractivity contribution in [2.45, 2.75) is 0 Å². The molecule has 2 N–H and O–H groups in total. The van der Waals surface area contributed by atoms with Gasteiger partial charge in [-0.1, -0.05) is 42.5 Å². The lowest BCUT2D eigenvalue weighted by molar-refractivity contribution is -0.111. The Morgan fingerprint density at radius 3 is 2.61 bits per heavy atom. The molecule has 0 spiro atoms. The van der Waals surface area contributed by atoms with E-state index >= 15 is 0 Å². The summed E-state index contributed by atoms with van der Waals surface area (Å²) in [5.74, 6) is 2.31. The molecule has 0 saturated carbocycles. The monoisotopic (exact) mass is 435 g/mol. The molecule has 0 saturated heterocycles. The number of carbonyl (C=O) groups excluding carboxylic acids is 1. The third-order valence-electron chi connectivity index (χ3n) is 5.20. The van der Waals surface area contributed by atoms with Crippen LogP contribution in [-0.2, 0) is 4.79 Å².